The summed E-state index contributed by atoms with van der Waals surface area (Å²) in [5.74, 6) is 0.0310. The molecular weight excluding hydrogens is 268 g/mol. The maximum atomic E-state index is 12.7. The molecule has 1 aliphatic carbocycles. The molecule has 0 bridgehead atoms. The summed E-state index contributed by atoms with van der Waals surface area (Å²) in [6.45, 7) is 5.30. The fourth-order valence-electron chi connectivity index (χ4n) is 3.12. The molecule has 6 nitrogen and oxygen atoms in total. The third-order valence-corrected chi connectivity index (χ3v) is 4.49. The molecule has 0 unspecified atom stereocenters. The number of ether oxygens (including phenoxy) is 1. The highest BCUT2D eigenvalue weighted by atomic mass is 16.5. The van der Waals surface area contributed by atoms with Crippen LogP contribution in [0.3, 0.4) is 0 Å². The highest BCUT2D eigenvalue weighted by Crippen LogP contribution is 2.29. The van der Waals surface area contributed by atoms with E-state index in [4.69, 9.17) is 15.7 Å². The summed E-state index contributed by atoms with van der Waals surface area (Å²) >= 11 is 0. The first-order valence-corrected chi connectivity index (χ1v) is 7.91. The van der Waals surface area contributed by atoms with Crippen molar-refractivity contribution in [2.24, 2.45) is 5.73 Å². The van der Waals surface area contributed by atoms with Crippen LogP contribution in [0.15, 0.2) is 0 Å². The van der Waals surface area contributed by atoms with Crippen molar-refractivity contribution in [1.29, 1.82) is 5.26 Å². The molecule has 0 radical (unpaired) electrons. The number of carbonyl (C=O) groups excluding carboxylic acids is 1. The van der Waals surface area contributed by atoms with Crippen molar-refractivity contribution >= 4 is 5.91 Å². The Bertz CT molecular complexity index is 382. The van der Waals surface area contributed by atoms with Gasteiger partial charge in [0.05, 0.1) is 31.2 Å². The smallest absolute Gasteiger partial charge is 0.242 e. The van der Waals surface area contributed by atoms with E-state index in [1.807, 2.05) is 0 Å². The average Bonchev–Trinajstić information content (AvgIpc) is 2.96. The maximum Gasteiger partial charge on any atom is 0.242 e. The van der Waals surface area contributed by atoms with Crippen LogP contribution in [0.5, 0.6) is 0 Å². The lowest BCUT2D eigenvalue weighted by molar-refractivity contribution is -0.137. The molecule has 0 atom stereocenters. The van der Waals surface area contributed by atoms with E-state index in [2.05, 4.69) is 11.0 Å². The zero-order valence-corrected chi connectivity index (χ0v) is 12.7. The summed E-state index contributed by atoms with van der Waals surface area (Å²) in [4.78, 5) is 16.8. The number of hydrogen-bond acceptors (Lipinski definition) is 5. The average molecular weight is 294 g/mol. The summed E-state index contributed by atoms with van der Waals surface area (Å²) in [6.07, 6.45) is 3.96. The van der Waals surface area contributed by atoms with Crippen molar-refractivity contribution in [1.82, 2.24) is 9.80 Å². The van der Waals surface area contributed by atoms with Gasteiger partial charge in [0, 0.05) is 32.7 Å². The third-order valence-electron chi connectivity index (χ3n) is 4.49. The first-order chi connectivity index (χ1) is 10.2. The molecular formula is C15H26N4O2. The Morgan fingerprint density at radius 3 is 2.57 bits per heavy atom. The first kappa shape index (κ1) is 16.2. The van der Waals surface area contributed by atoms with Gasteiger partial charge in [-0.3, -0.25) is 9.69 Å². The van der Waals surface area contributed by atoms with Crippen molar-refractivity contribution in [3.8, 4) is 6.07 Å². The topological polar surface area (TPSA) is 82.6 Å². The molecule has 1 saturated heterocycles. The highest BCUT2D eigenvalue weighted by Gasteiger charge is 2.39. The zero-order chi connectivity index (χ0) is 15.1. The predicted octanol–water partition coefficient (Wildman–Crippen LogP) is 0.332. The van der Waals surface area contributed by atoms with Gasteiger partial charge < -0.3 is 15.4 Å². The molecule has 0 spiro atoms. The van der Waals surface area contributed by atoms with Crippen LogP contribution >= 0.6 is 0 Å². The molecule has 21 heavy (non-hydrogen) atoms. The molecule has 2 fully saturated rings. The second-order valence-electron chi connectivity index (χ2n) is 6.02. The van der Waals surface area contributed by atoms with Gasteiger partial charge in [0.1, 0.15) is 0 Å². The fourth-order valence-corrected chi connectivity index (χ4v) is 3.12. The molecule has 2 N–H and O–H groups in total. The summed E-state index contributed by atoms with van der Waals surface area (Å²) < 4.78 is 5.33. The molecule has 0 aromatic carbocycles. The van der Waals surface area contributed by atoms with E-state index in [-0.39, 0.29) is 5.91 Å². The molecule has 1 amide bonds. The predicted molar refractivity (Wildman–Crippen MR) is 79.5 cm³/mol. The lowest BCUT2D eigenvalue weighted by Gasteiger charge is -2.34. The largest absolute Gasteiger partial charge is 0.379 e. The summed E-state index contributed by atoms with van der Waals surface area (Å²) in [6, 6.07) is 2.13. The Morgan fingerprint density at radius 1 is 1.29 bits per heavy atom. The quantitative estimate of drug-likeness (QED) is 0.763. The number of morpholine rings is 1. The van der Waals surface area contributed by atoms with Crippen LogP contribution in [-0.2, 0) is 9.53 Å². The molecule has 0 aromatic heterocycles. The van der Waals surface area contributed by atoms with Crippen molar-refractivity contribution < 1.29 is 9.53 Å². The second-order valence-corrected chi connectivity index (χ2v) is 6.02. The molecule has 118 valence electrons. The standard InChI is InChI=1S/C15H26N4O2/c16-6-3-7-19(9-8-18-10-12-21-13-11-18)14(20)15(17)4-1-2-5-15/h1-5,7-13,17H2. The molecule has 2 rings (SSSR count). The summed E-state index contributed by atoms with van der Waals surface area (Å²) in [5, 5.41) is 8.80. The minimum atomic E-state index is -0.694. The van der Waals surface area contributed by atoms with Gasteiger partial charge in [-0.2, -0.15) is 5.26 Å². The molecule has 0 aromatic rings. The van der Waals surface area contributed by atoms with Gasteiger partial charge in [0.25, 0.3) is 0 Å². The van der Waals surface area contributed by atoms with Crippen molar-refractivity contribution in [3.63, 3.8) is 0 Å². The number of amides is 1. The monoisotopic (exact) mass is 294 g/mol. The van der Waals surface area contributed by atoms with Crippen LogP contribution in [0.4, 0.5) is 0 Å². The molecule has 2 aliphatic rings. The Balaban J connectivity index is 1.90. The van der Waals surface area contributed by atoms with Gasteiger partial charge in [-0.25, -0.2) is 0 Å². The lowest BCUT2D eigenvalue weighted by atomic mass is 9.97. The lowest BCUT2D eigenvalue weighted by Crippen LogP contribution is -2.55. The van der Waals surface area contributed by atoms with Gasteiger partial charge >= 0.3 is 0 Å². The van der Waals surface area contributed by atoms with E-state index < -0.39 is 5.54 Å². The number of hydrogen-bond donors (Lipinski definition) is 1. The molecule has 1 heterocycles. The van der Waals surface area contributed by atoms with E-state index in [1.165, 1.54) is 0 Å². The minimum absolute atomic E-state index is 0.0310. The molecule has 1 aliphatic heterocycles. The van der Waals surface area contributed by atoms with Crippen LogP contribution in [0.1, 0.15) is 32.1 Å². The number of nitriles is 1. The van der Waals surface area contributed by atoms with Crippen LogP contribution in [0.25, 0.3) is 0 Å². The fraction of sp³-hybridized carbons (Fsp3) is 0.867. The summed E-state index contributed by atoms with van der Waals surface area (Å²) in [7, 11) is 0. The Kier molecular flexibility index (Phi) is 5.97. The van der Waals surface area contributed by atoms with Gasteiger partial charge in [0.2, 0.25) is 5.91 Å². The van der Waals surface area contributed by atoms with Crippen molar-refractivity contribution in [2.75, 3.05) is 45.9 Å². The van der Waals surface area contributed by atoms with Crippen molar-refractivity contribution in [2.45, 2.75) is 37.6 Å². The Morgan fingerprint density at radius 2 is 1.95 bits per heavy atom. The number of rotatable bonds is 6. The number of carbonyl (C=O) groups is 1. The molecule has 6 heteroatoms. The molecule has 1 saturated carbocycles. The number of nitrogens with zero attached hydrogens (tertiary/aromatic N) is 3. The van der Waals surface area contributed by atoms with Crippen LogP contribution in [0.2, 0.25) is 0 Å². The van der Waals surface area contributed by atoms with E-state index in [1.54, 1.807) is 4.90 Å². The Hall–Kier alpha value is -1.16. The van der Waals surface area contributed by atoms with E-state index >= 15 is 0 Å². The second kappa shape index (κ2) is 7.74. The SMILES string of the molecule is N#CCCN(CCN1CCOCC1)C(=O)C1(N)CCCC1. The van der Waals surface area contributed by atoms with Crippen LogP contribution in [-0.4, -0.2) is 67.2 Å². The van der Waals surface area contributed by atoms with Gasteiger partial charge in [0.15, 0.2) is 0 Å². The van der Waals surface area contributed by atoms with Gasteiger partial charge in [-0.15, -0.1) is 0 Å². The first-order valence-electron chi connectivity index (χ1n) is 7.91. The van der Waals surface area contributed by atoms with Crippen molar-refractivity contribution in [3.05, 3.63) is 0 Å². The summed E-state index contributed by atoms with van der Waals surface area (Å²) in [5.41, 5.74) is 5.58. The van der Waals surface area contributed by atoms with Crippen LogP contribution in [0, 0.1) is 11.3 Å². The van der Waals surface area contributed by atoms with E-state index in [9.17, 15) is 4.79 Å². The third kappa shape index (κ3) is 4.40. The van der Waals surface area contributed by atoms with Gasteiger partial charge in [-0.05, 0) is 12.8 Å². The minimum Gasteiger partial charge on any atom is -0.379 e. The maximum absolute atomic E-state index is 12.7. The van der Waals surface area contributed by atoms with Gasteiger partial charge in [-0.1, -0.05) is 12.8 Å². The van der Waals surface area contributed by atoms with E-state index in [0.717, 1.165) is 58.5 Å². The number of nitrogens with two attached hydrogens (primary N) is 1. The zero-order valence-electron chi connectivity index (χ0n) is 12.7. The normalized spacial score (nSPS) is 21.9. The van der Waals surface area contributed by atoms with E-state index in [0.29, 0.717) is 19.5 Å². The highest BCUT2D eigenvalue weighted by molar-refractivity contribution is 5.86. The Labute approximate surface area is 126 Å². The van der Waals surface area contributed by atoms with Crippen LogP contribution < -0.4 is 5.73 Å².